The number of rotatable bonds is 4. The van der Waals surface area contributed by atoms with E-state index in [-0.39, 0.29) is 11.9 Å². The first kappa shape index (κ1) is 15.5. The second kappa shape index (κ2) is 7.75. The first-order valence-electron chi connectivity index (χ1n) is 8.03. The third-order valence-corrected chi connectivity index (χ3v) is 3.93. The van der Waals surface area contributed by atoms with Crippen LogP contribution in [0.5, 0.6) is 0 Å². The molecule has 0 spiro atoms. The zero-order chi connectivity index (χ0) is 15.9. The molecule has 2 aromatic rings. The van der Waals surface area contributed by atoms with Crippen LogP contribution in [0, 0.1) is 0 Å². The Kier molecular flexibility index (Phi) is 5.22. The number of ether oxygens (including phenoxy) is 1. The van der Waals surface area contributed by atoms with Gasteiger partial charge in [-0.25, -0.2) is 0 Å². The lowest BCUT2D eigenvalue weighted by Crippen LogP contribution is -2.39. The molecule has 1 amide bonds. The third-order valence-electron chi connectivity index (χ3n) is 3.93. The van der Waals surface area contributed by atoms with Crippen LogP contribution in [0.4, 0.5) is 0 Å². The van der Waals surface area contributed by atoms with E-state index in [1.54, 1.807) is 6.08 Å². The van der Waals surface area contributed by atoms with E-state index >= 15 is 0 Å². The van der Waals surface area contributed by atoms with E-state index in [9.17, 15) is 4.79 Å². The number of benzene rings is 2. The highest BCUT2D eigenvalue weighted by Gasteiger charge is 2.14. The van der Waals surface area contributed by atoms with Gasteiger partial charge in [0.1, 0.15) is 0 Å². The summed E-state index contributed by atoms with van der Waals surface area (Å²) in [5.41, 5.74) is 3.33. The van der Waals surface area contributed by atoms with E-state index < -0.39 is 0 Å². The number of carbonyl (C=O) groups excluding carboxylic acids is 1. The zero-order valence-corrected chi connectivity index (χ0v) is 13.1. The van der Waals surface area contributed by atoms with Gasteiger partial charge in [-0.2, -0.15) is 0 Å². The molecule has 1 fully saturated rings. The van der Waals surface area contributed by atoms with Gasteiger partial charge in [-0.3, -0.25) is 4.79 Å². The topological polar surface area (TPSA) is 38.3 Å². The smallest absolute Gasteiger partial charge is 0.244 e. The SMILES string of the molecule is O=C(/C=C/c1cccc(-c2ccccc2)c1)NC1CCCOC1. The molecule has 1 heterocycles. The van der Waals surface area contributed by atoms with Crippen molar-refractivity contribution in [1.29, 1.82) is 0 Å². The fourth-order valence-corrected chi connectivity index (χ4v) is 2.73. The van der Waals surface area contributed by atoms with Crippen LogP contribution in [-0.2, 0) is 9.53 Å². The summed E-state index contributed by atoms with van der Waals surface area (Å²) in [6, 6.07) is 18.5. The minimum atomic E-state index is -0.0642. The Morgan fingerprint density at radius 3 is 2.70 bits per heavy atom. The number of amides is 1. The maximum Gasteiger partial charge on any atom is 0.244 e. The normalized spacial score (nSPS) is 18.0. The van der Waals surface area contributed by atoms with E-state index in [0.717, 1.165) is 30.6 Å². The molecule has 3 nitrogen and oxygen atoms in total. The van der Waals surface area contributed by atoms with Crippen LogP contribution >= 0.6 is 0 Å². The number of hydrogen-bond donors (Lipinski definition) is 1. The van der Waals surface area contributed by atoms with Gasteiger partial charge in [-0.05, 0) is 41.7 Å². The highest BCUT2D eigenvalue weighted by Crippen LogP contribution is 2.20. The Morgan fingerprint density at radius 2 is 1.91 bits per heavy atom. The molecule has 23 heavy (non-hydrogen) atoms. The van der Waals surface area contributed by atoms with Gasteiger partial charge in [0.2, 0.25) is 5.91 Å². The number of carbonyl (C=O) groups is 1. The largest absolute Gasteiger partial charge is 0.379 e. The third kappa shape index (κ3) is 4.54. The average molecular weight is 307 g/mol. The molecule has 0 aromatic heterocycles. The quantitative estimate of drug-likeness (QED) is 0.875. The van der Waals surface area contributed by atoms with E-state index in [1.807, 2.05) is 36.4 Å². The molecule has 3 heteroatoms. The van der Waals surface area contributed by atoms with Crippen LogP contribution in [0.2, 0.25) is 0 Å². The molecule has 1 aliphatic rings. The Balaban J connectivity index is 1.64. The van der Waals surface area contributed by atoms with Crippen molar-refractivity contribution < 1.29 is 9.53 Å². The number of hydrogen-bond acceptors (Lipinski definition) is 2. The van der Waals surface area contributed by atoms with Gasteiger partial charge in [0.15, 0.2) is 0 Å². The Hall–Kier alpha value is -2.39. The second-order valence-electron chi connectivity index (χ2n) is 5.75. The van der Waals surface area contributed by atoms with Gasteiger partial charge >= 0.3 is 0 Å². The van der Waals surface area contributed by atoms with Crippen LogP contribution in [-0.4, -0.2) is 25.2 Å². The van der Waals surface area contributed by atoms with Crippen molar-refractivity contribution >= 4 is 12.0 Å². The highest BCUT2D eigenvalue weighted by atomic mass is 16.5. The molecule has 0 radical (unpaired) electrons. The van der Waals surface area contributed by atoms with Crippen molar-refractivity contribution in [1.82, 2.24) is 5.32 Å². The van der Waals surface area contributed by atoms with Crippen LogP contribution in [0.25, 0.3) is 17.2 Å². The van der Waals surface area contributed by atoms with Crippen molar-refractivity contribution in [3.05, 3.63) is 66.2 Å². The summed E-state index contributed by atoms with van der Waals surface area (Å²) in [6.07, 6.45) is 5.45. The van der Waals surface area contributed by atoms with Gasteiger partial charge in [0.25, 0.3) is 0 Å². The van der Waals surface area contributed by atoms with Crippen LogP contribution < -0.4 is 5.32 Å². The highest BCUT2D eigenvalue weighted by molar-refractivity contribution is 5.92. The molecule has 118 valence electrons. The average Bonchev–Trinajstić information content (AvgIpc) is 2.62. The van der Waals surface area contributed by atoms with Crippen LogP contribution in [0.15, 0.2) is 60.7 Å². The zero-order valence-electron chi connectivity index (χ0n) is 13.1. The van der Waals surface area contributed by atoms with Crippen molar-refractivity contribution in [3.63, 3.8) is 0 Å². The number of nitrogens with one attached hydrogen (secondary N) is 1. The molecule has 3 rings (SSSR count). The molecule has 0 bridgehead atoms. The Morgan fingerprint density at radius 1 is 1.09 bits per heavy atom. The maximum absolute atomic E-state index is 12.0. The van der Waals surface area contributed by atoms with Gasteiger partial charge in [-0.15, -0.1) is 0 Å². The van der Waals surface area contributed by atoms with Crippen LogP contribution in [0.3, 0.4) is 0 Å². The lowest BCUT2D eigenvalue weighted by atomic mass is 10.0. The Labute approximate surface area is 137 Å². The molecule has 1 saturated heterocycles. The molecule has 1 unspecified atom stereocenters. The molecule has 0 saturated carbocycles. The van der Waals surface area contributed by atoms with Gasteiger partial charge in [0, 0.05) is 12.7 Å². The first-order chi connectivity index (χ1) is 11.3. The van der Waals surface area contributed by atoms with Crippen molar-refractivity contribution in [2.24, 2.45) is 0 Å². The summed E-state index contributed by atoms with van der Waals surface area (Å²) in [5, 5.41) is 2.98. The molecular weight excluding hydrogens is 286 g/mol. The summed E-state index contributed by atoms with van der Waals surface area (Å²) in [6.45, 7) is 1.41. The van der Waals surface area contributed by atoms with E-state index in [2.05, 4.69) is 29.6 Å². The van der Waals surface area contributed by atoms with Crippen molar-refractivity contribution in [2.75, 3.05) is 13.2 Å². The van der Waals surface area contributed by atoms with Crippen molar-refractivity contribution in [3.8, 4) is 11.1 Å². The van der Waals surface area contributed by atoms with E-state index in [4.69, 9.17) is 4.74 Å². The molecular formula is C20H21NO2. The van der Waals surface area contributed by atoms with E-state index in [1.165, 1.54) is 5.56 Å². The minimum absolute atomic E-state index is 0.0642. The monoisotopic (exact) mass is 307 g/mol. The standard InChI is InChI=1S/C20H21NO2/c22-20(21-19-10-5-13-23-15-19)12-11-16-6-4-9-18(14-16)17-7-2-1-3-8-17/h1-4,6-9,11-12,14,19H,5,10,13,15H2,(H,21,22)/b12-11+. The van der Waals surface area contributed by atoms with Crippen LogP contribution in [0.1, 0.15) is 18.4 Å². The summed E-state index contributed by atoms with van der Waals surface area (Å²) in [5.74, 6) is -0.0642. The van der Waals surface area contributed by atoms with Gasteiger partial charge < -0.3 is 10.1 Å². The summed E-state index contributed by atoms with van der Waals surface area (Å²) < 4.78 is 5.37. The molecule has 0 aliphatic carbocycles. The predicted octanol–water partition coefficient (Wildman–Crippen LogP) is 3.66. The van der Waals surface area contributed by atoms with E-state index in [0.29, 0.717) is 6.61 Å². The molecule has 2 aromatic carbocycles. The summed E-state index contributed by atoms with van der Waals surface area (Å²) in [4.78, 5) is 12.0. The predicted molar refractivity (Wildman–Crippen MR) is 92.9 cm³/mol. The fraction of sp³-hybridized carbons (Fsp3) is 0.250. The summed E-state index contributed by atoms with van der Waals surface area (Å²) >= 11 is 0. The second-order valence-corrected chi connectivity index (χ2v) is 5.75. The van der Waals surface area contributed by atoms with Crippen molar-refractivity contribution in [2.45, 2.75) is 18.9 Å². The molecule has 1 aliphatic heterocycles. The lowest BCUT2D eigenvalue weighted by Gasteiger charge is -2.22. The molecule has 1 atom stereocenters. The first-order valence-corrected chi connectivity index (χ1v) is 8.03. The van der Waals surface area contributed by atoms with Gasteiger partial charge in [-0.1, -0.05) is 48.5 Å². The van der Waals surface area contributed by atoms with Gasteiger partial charge in [0.05, 0.1) is 12.6 Å². The Bertz CT molecular complexity index is 673. The fourth-order valence-electron chi connectivity index (χ4n) is 2.73. The lowest BCUT2D eigenvalue weighted by molar-refractivity contribution is -0.118. The maximum atomic E-state index is 12.0. The molecule has 1 N–H and O–H groups in total. The summed E-state index contributed by atoms with van der Waals surface area (Å²) in [7, 11) is 0. The minimum Gasteiger partial charge on any atom is -0.379 e.